The molecule has 2 aliphatic carbocycles. The third-order valence-corrected chi connectivity index (χ3v) is 5.41. The van der Waals surface area contributed by atoms with Crippen molar-refractivity contribution < 1.29 is 9.21 Å². The molecule has 2 amide bonds. The summed E-state index contributed by atoms with van der Waals surface area (Å²) in [4.78, 5) is 16.5. The lowest BCUT2D eigenvalue weighted by Gasteiger charge is -2.33. The lowest BCUT2D eigenvalue weighted by molar-refractivity contribution is 0.224. The maximum absolute atomic E-state index is 12.0. The number of hydrogen-bond acceptors (Lipinski definition) is 6. The molecule has 2 aliphatic rings. The zero-order chi connectivity index (χ0) is 15.8. The van der Waals surface area contributed by atoms with E-state index in [2.05, 4.69) is 31.2 Å². The smallest absolute Gasteiger partial charge is 0.321 e. The average Bonchev–Trinajstić information content (AvgIpc) is 3.01. The van der Waals surface area contributed by atoms with E-state index in [1.165, 1.54) is 30.6 Å². The number of rotatable bonds is 4. The summed E-state index contributed by atoms with van der Waals surface area (Å²) in [6.07, 6.45) is 5.39. The summed E-state index contributed by atoms with van der Waals surface area (Å²) in [6.45, 7) is 1.78. The normalized spacial score (nSPS) is 23.9. The summed E-state index contributed by atoms with van der Waals surface area (Å²) in [6, 6.07) is -0.0389. The Kier molecular flexibility index (Phi) is 3.76. The molecule has 0 atom stereocenters. The molecule has 0 spiro atoms. The number of amides is 2. The van der Waals surface area contributed by atoms with Gasteiger partial charge in [-0.1, -0.05) is 6.42 Å². The number of hydrogen-bond donors (Lipinski definition) is 2. The van der Waals surface area contributed by atoms with Crippen molar-refractivity contribution in [1.29, 1.82) is 0 Å². The predicted octanol–water partition coefficient (Wildman–Crippen LogP) is 3.17. The molecule has 0 unspecified atom stereocenters. The van der Waals surface area contributed by atoms with Gasteiger partial charge in [0.2, 0.25) is 11.8 Å². The van der Waals surface area contributed by atoms with E-state index in [-0.39, 0.29) is 18.0 Å². The molecule has 0 aliphatic heterocycles. The van der Waals surface area contributed by atoms with Crippen LogP contribution in [0.25, 0.3) is 0 Å². The van der Waals surface area contributed by atoms with E-state index in [0.717, 1.165) is 18.5 Å². The van der Waals surface area contributed by atoms with Crippen LogP contribution >= 0.6 is 11.3 Å². The molecule has 2 aromatic heterocycles. The highest BCUT2D eigenvalue weighted by molar-refractivity contribution is 7.13. The maximum Gasteiger partial charge on any atom is 0.321 e. The summed E-state index contributed by atoms with van der Waals surface area (Å²) >= 11 is 1.49. The van der Waals surface area contributed by atoms with Gasteiger partial charge in [-0.2, -0.15) is 0 Å². The zero-order valence-corrected chi connectivity index (χ0v) is 13.7. The van der Waals surface area contributed by atoms with Gasteiger partial charge in [0.25, 0.3) is 0 Å². The fourth-order valence-corrected chi connectivity index (χ4v) is 3.76. The zero-order valence-electron chi connectivity index (χ0n) is 12.9. The number of urea groups is 1. The first-order chi connectivity index (χ1) is 11.2. The van der Waals surface area contributed by atoms with Gasteiger partial charge >= 0.3 is 6.03 Å². The van der Waals surface area contributed by atoms with Gasteiger partial charge in [-0.05, 0) is 25.7 Å². The first-order valence-corrected chi connectivity index (χ1v) is 8.88. The molecule has 0 saturated heterocycles. The lowest BCUT2D eigenvalue weighted by Crippen LogP contribution is -2.45. The van der Waals surface area contributed by atoms with Crippen LogP contribution < -0.4 is 10.6 Å². The van der Waals surface area contributed by atoms with Crippen molar-refractivity contribution in [3.8, 4) is 0 Å². The van der Waals surface area contributed by atoms with Crippen molar-refractivity contribution >= 4 is 22.5 Å². The number of aryl methyl sites for hydroxylation is 1. The molecule has 0 radical (unpaired) electrons. The summed E-state index contributed by atoms with van der Waals surface area (Å²) in [5, 5.41) is 16.4. The highest BCUT2D eigenvalue weighted by atomic mass is 32.1. The second kappa shape index (κ2) is 5.92. The molecule has 2 fully saturated rings. The van der Waals surface area contributed by atoms with Gasteiger partial charge in [0.1, 0.15) is 0 Å². The number of thiazole rings is 1. The lowest BCUT2D eigenvalue weighted by atomic mass is 9.80. The number of nitrogens with one attached hydrogen (secondary N) is 2. The van der Waals surface area contributed by atoms with Crippen LogP contribution in [-0.4, -0.2) is 27.3 Å². The van der Waals surface area contributed by atoms with Crippen molar-refractivity contribution in [3.05, 3.63) is 22.9 Å². The van der Waals surface area contributed by atoms with Gasteiger partial charge in [0, 0.05) is 30.2 Å². The van der Waals surface area contributed by atoms with Gasteiger partial charge in [-0.25, -0.2) is 9.78 Å². The molecule has 0 bridgehead atoms. The van der Waals surface area contributed by atoms with E-state index >= 15 is 0 Å². The van der Waals surface area contributed by atoms with E-state index in [9.17, 15) is 4.79 Å². The third kappa shape index (κ3) is 3.08. The molecule has 2 N–H and O–H groups in total. The standard InChI is InChI=1S/C15H19N5O2S/c1-8-19-20-13(22-8)10-5-11(6-10)16-14(21)18-15-17-12(7-23-15)9-3-2-4-9/h7,9-11H,2-6H2,1H3,(H2,16,17,18,21). The van der Waals surface area contributed by atoms with Gasteiger partial charge in [-0.15, -0.1) is 21.5 Å². The van der Waals surface area contributed by atoms with Crippen molar-refractivity contribution in [2.24, 2.45) is 0 Å². The summed E-state index contributed by atoms with van der Waals surface area (Å²) in [5.74, 6) is 2.10. The maximum atomic E-state index is 12.0. The van der Waals surface area contributed by atoms with Crippen molar-refractivity contribution in [1.82, 2.24) is 20.5 Å². The van der Waals surface area contributed by atoms with Crippen LogP contribution in [0, 0.1) is 6.92 Å². The molecule has 8 heteroatoms. The quantitative estimate of drug-likeness (QED) is 0.896. The molecular weight excluding hydrogens is 314 g/mol. The summed E-state index contributed by atoms with van der Waals surface area (Å²) in [7, 11) is 0. The molecule has 2 heterocycles. The van der Waals surface area contributed by atoms with Gasteiger partial charge in [0.05, 0.1) is 5.69 Å². The molecular formula is C15H19N5O2S. The molecule has 23 heavy (non-hydrogen) atoms. The van der Waals surface area contributed by atoms with Crippen LogP contribution in [0.3, 0.4) is 0 Å². The van der Waals surface area contributed by atoms with Crippen LogP contribution in [-0.2, 0) is 0 Å². The Morgan fingerprint density at radius 1 is 1.30 bits per heavy atom. The second-order valence-corrected chi connectivity index (χ2v) is 7.19. The SMILES string of the molecule is Cc1nnc(C2CC(NC(=O)Nc3nc(C4CCC4)cs3)C2)o1. The molecule has 2 aromatic rings. The first-order valence-electron chi connectivity index (χ1n) is 8.00. The fraction of sp³-hybridized carbons (Fsp3) is 0.600. The van der Waals surface area contributed by atoms with E-state index in [4.69, 9.17) is 4.42 Å². The number of anilines is 1. The first kappa shape index (κ1) is 14.6. The number of aromatic nitrogens is 3. The fourth-order valence-electron chi connectivity index (χ4n) is 2.97. The van der Waals surface area contributed by atoms with Gasteiger partial charge < -0.3 is 9.73 Å². The number of carbonyl (C=O) groups excluding carboxylic acids is 1. The summed E-state index contributed by atoms with van der Waals surface area (Å²) < 4.78 is 5.42. The minimum absolute atomic E-state index is 0.151. The van der Waals surface area contributed by atoms with E-state index in [1.807, 2.05) is 0 Å². The predicted molar refractivity (Wildman–Crippen MR) is 85.7 cm³/mol. The van der Waals surface area contributed by atoms with Crippen molar-refractivity contribution in [3.63, 3.8) is 0 Å². The van der Waals surface area contributed by atoms with Crippen LogP contribution in [0.2, 0.25) is 0 Å². The Hall–Kier alpha value is -1.96. The Labute approximate surface area is 137 Å². The minimum Gasteiger partial charge on any atom is -0.425 e. The highest BCUT2D eigenvalue weighted by Crippen LogP contribution is 2.38. The molecule has 2 saturated carbocycles. The Balaban J connectivity index is 1.24. The topological polar surface area (TPSA) is 92.9 Å². The minimum atomic E-state index is -0.190. The Morgan fingerprint density at radius 3 is 2.78 bits per heavy atom. The second-order valence-electron chi connectivity index (χ2n) is 6.33. The summed E-state index contributed by atoms with van der Waals surface area (Å²) in [5.41, 5.74) is 1.12. The van der Waals surface area contributed by atoms with E-state index < -0.39 is 0 Å². The third-order valence-electron chi connectivity index (χ3n) is 4.63. The van der Waals surface area contributed by atoms with E-state index in [0.29, 0.717) is 22.8 Å². The van der Waals surface area contributed by atoms with Crippen LogP contribution in [0.4, 0.5) is 9.93 Å². The molecule has 7 nitrogen and oxygen atoms in total. The van der Waals surface area contributed by atoms with E-state index in [1.54, 1.807) is 6.92 Å². The van der Waals surface area contributed by atoms with Gasteiger partial charge in [-0.3, -0.25) is 5.32 Å². The van der Waals surface area contributed by atoms with Crippen LogP contribution in [0.15, 0.2) is 9.80 Å². The largest absolute Gasteiger partial charge is 0.425 e. The van der Waals surface area contributed by atoms with Crippen molar-refractivity contribution in [2.45, 2.75) is 56.9 Å². The highest BCUT2D eigenvalue weighted by Gasteiger charge is 2.35. The molecule has 122 valence electrons. The van der Waals surface area contributed by atoms with Gasteiger partial charge in [0.15, 0.2) is 5.13 Å². The molecule has 4 rings (SSSR count). The molecule has 0 aromatic carbocycles. The number of nitrogens with zero attached hydrogens (tertiary/aromatic N) is 3. The Bertz CT molecular complexity index is 702. The van der Waals surface area contributed by atoms with Crippen LogP contribution in [0.5, 0.6) is 0 Å². The monoisotopic (exact) mass is 333 g/mol. The van der Waals surface area contributed by atoms with Crippen molar-refractivity contribution in [2.75, 3.05) is 5.32 Å². The number of carbonyl (C=O) groups is 1. The van der Waals surface area contributed by atoms with Crippen LogP contribution in [0.1, 0.15) is 61.4 Å². The Morgan fingerprint density at radius 2 is 2.13 bits per heavy atom. The average molecular weight is 333 g/mol.